The number of phenols is 1. The lowest BCUT2D eigenvalue weighted by molar-refractivity contribution is -0.150. The number of phenolic OH excluding ortho intramolecular Hbond substituents is 1. The van der Waals surface area contributed by atoms with E-state index in [9.17, 15) is 19.8 Å². The molecule has 1 aromatic rings. The predicted octanol–water partition coefficient (Wildman–Crippen LogP) is 2.81. The number of halogens is 1. The lowest BCUT2D eigenvalue weighted by atomic mass is 9.74. The van der Waals surface area contributed by atoms with Crippen molar-refractivity contribution in [1.82, 2.24) is 5.32 Å². The molecule has 2 rings (SSSR count). The van der Waals surface area contributed by atoms with Gasteiger partial charge in [0.1, 0.15) is 5.75 Å². The molecule has 21 heavy (non-hydrogen) atoms. The van der Waals surface area contributed by atoms with Crippen molar-refractivity contribution in [2.45, 2.75) is 32.1 Å². The van der Waals surface area contributed by atoms with E-state index in [-0.39, 0.29) is 17.9 Å². The summed E-state index contributed by atoms with van der Waals surface area (Å²) in [7, 11) is 0. The first-order valence-electron chi connectivity index (χ1n) is 6.95. The molecule has 114 valence electrons. The molecule has 0 saturated heterocycles. The predicted molar refractivity (Wildman–Crippen MR) is 78.6 cm³/mol. The topological polar surface area (TPSA) is 86.6 Å². The van der Waals surface area contributed by atoms with Crippen LogP contribution in [-0.2, 0) is 4.79 Å². The maximum absolute atomic E-state index is 12.1. The van der Waals surface area contributed by atoms with Gasteiger partial charge in [-0.15, -0.1) is 0 Å². The summed E-state index contributed by atoms with van der Waals surface area (Å²) >= 11 is 5.80. The number of aromatic hydroxyl groups is 1. The standard InChI is InChI=1S/C15H18ClNO4/c16-10-4-5-12(18)11(8-10)13(19)17-9-15(14(20)21)6-2-1-3-7-15/h4-5,8,18H,1-3,6-7,9H2,(H,17,19)(H,20,21). The number of hydrogen-bond donors (Lipinski definition) is 3. The van der Waals surface area contributed by atoms with E-state index in [2.05, 4.69) is 5.32 Å². The number of aliphatic carboxylic acids is 1. The normalized spacial score (nSPS) is 17.2. The third-order valence-corrected chi connectivity index (χ3v) is 4.29. The Kier molecular flexibility index (Phi) is 4.73. The highest BCUT2D eigenvalue weighted by molar-refractivity contribution is 6.31. The summed E-state index contributed by atoms with van der Waals surface area (Å²) in [5.74, 6) is -1.57. The molecule has 0 bridgehead atoms. The number of carboxylic acids is 1. The van der Waals surface area contributed by atoms with Crippen molar-refractivity contribution in [3.8, 4) is 5.75 Å². The van der Waals surface area contributed by atoms with Crippen LogP contribution in [0.15, 0.2) is 18.2 Å². The minimum atomic E-state index is -0.901. The summed E-state index contributed by atoms with van der Waals surface area (Å²) in [5, 5.41) is 22.1. The Hall–Kier alpha value is -1.75. The van der Waals surface area contributed by atoms with Crippen molar-refractivity contribution in [3.05, 3.63) is 28.8 Å². The maximum Gasteiger partial charge on any atom is 0.311 e. The van der Waals surface area contributed by atoms with Gasteiger partial charge < -0.3 is 15.5 Å². The molecular formula is C15H18ClNO4. The molecular weight excluding hydrogens is 294 g/mol. The molecule has 0 atom stereocenters. The van der Waals surface area contributed by atoms with Crippen molar-refractivity contribution < 1.29 is 19.8 Å². The summed E-state index contributed by atoms with van der Waals surface area (Å²) in [6.07, 6.45) is 3.85. The van der Waals surface area contributed by atoms with E-state index in [0.29, 0.717) is 17.9 Å². The van der Waals surface area contributed by atoms with Crippen molar-refractivity contribution in [2.24, 2.45) is 5.41 Å². The molecule has 1 aliphatic carbocycles. The number of amides is 1. The molecule has 0 unspecified atom stereocenters. The molecule has 0 radical (unpaired) electrons. The summed E-state index contributed by atoms with van der Waals surface area (Å²) in [4.78, 5) is 23.6. The van der Waals surface area contributed by atoms with Gasteiger partial charge in [0.25, 0.3) is 5.91 Å². The van der Waals surface area contributed by atoms with Gasteiger partial charge in [0.15, 0.2) is 0 Å². The number of carbonyl (C=O) groups is 2. The van der Waals surface area contributed by atoms with Crippen LogP contribution in [0, 0.1) is 5.41 Å². The molecule has 1 aliphatic rings. The zero-order chi connectivity index (χ0) is 15.5. The Morgan fingerprint density at radius 3 is 2.52 bits per heavy atom. The number of carbonyl (C=O) groups excluding carboxylic acids is 1. The van der Waals surface area contributed by atoms with Crippen LogP contribution in [-0.4, -0.2) is 28.6 Å². The van der Waals surface area contributed by atoms with Gasteiger partial charge in [0, 0.05) is 11.6 Å². The van der Waals surface area contributed by atoms with Gasteiger partial charge in [-0.2, -0.15) is 0 Å². The van der Waals surface area contributed by atoms with Crippen LogP contribution in [0.2, 0.25) is 5.02 Å². The van der Waals surface area contributed by atoms with Crippen LogP contribution < -0.4 is 5.32 Å². The molecule has 0 spiro atoms. The van der Waals surface area contributed by atoms with Gasteiger partial charge in [-0.1, -0.05) is 30.9 Å². The fraction of sp³-hybridized carbons (Fsp3) is 0.467. The highest BCUT2D eigenvalue weighted by Crippen LogP contribution is 2.36. The van der Waals surface area contributed by atoms with Gasteiger partial charge in [-0.05, 0) is 31.0 Å². The van der Waals surface area contributed by atoms with Crippen LogP contribution in [0.1, 0.15) is 42.5 Å². The molecule has 1 fully saturated rings. The van der Waals surface area contributed by atoms with Crippen molar-refractivity contribution in [2.75, 3.05) is 6.54 Å². The van der Waals surface area contributed by atoms with Crippen LogP contribution in [0.4, 0.5) is 0 Å². The fourth-order valence-electron chi connectivity index (χ4n) is 2.73. The Morgan fingerprint density at radius 1 is 1.24 bits per heavy atom. The van der Waals surface area contributed by atoms with E-state index in [1.807, 2.05) is 0 Å². The highest BCUT2D eigenvalue weighted by atomic mass is 35.5. The monoisotopic (exact) mass is 311 g/mol. The molecule has 1 saturated carbocycles. The first-order valence-corrected chi connectivity index (χ1v) is 7.32. The van der Waals surface area contributed by atoms with Crippen molar-refractivity contribution in [1.29, 1.82) is 0 Å². The van der Waals surface area contributed by atoms with Crippen LogP contribution in [0.25, 0.3) is 0 Å². The Morgan fingerprint density at radius 2 is 1.90 bits per heavy atom. The summed E-state index contributed by atoms with van der Waals surface area (Å²) in [5.41, 5.74) is -0.846. The molecule has 5 nitrogen and oxygen atoms in total. The number of nitrogens with one attached hydrogen (secondary N) is 1. The minimum absolute atomic E-state index is 0.0545. The number of rotatable bonds is 4. The van der Waals surface area contributed by atoms with Crippen LogP contribution in [0.3, 0.4) is 0 Å². The average Bonchev–Trinajstić information content (AvgIpc) is 2.48. The van der Waals surface area contributed by atoms with Crippen molar-refractivity contribution in [3.63, 3.8) is 0 Å². The SMILES string of the molecule is O=C(NCC1(C(=O)O)CCCCC1)c1cc(Cl)ccc1O. The molecule has 0 heterocycles. The van der Waals surface area contributed by atoms with Crippen LogP contribution >= 0.6 is 11.6 Å². The molecule has 0 aromatic heterocycles. The highest BCUT2D eigenvalue weighted by Gasteiger charge is 2.39. The fourth-order valence-corrected chi connectivity index (χ4v) is 2.90. The smallest absolute Gasteiger partial charge is 0.311 e. The third-order valence-electron chi connectivity index (χ3n) is 4.05. The van der Waals surface area contributed by atoms with Gasteiger partial charge in [0.05, 0.1) is 11.0 Å². The Labute approximate surface area is 127 Å². The van der Waals surface area contributed by atoms with E-state index in [0.717, 1.165) is 19.3 Å². The van der Waals surface area contributed by atoms with Crippen molar-refractivity contribution >= 4 is 23.5 Å². The lowest BCUT2D eigenvalue weighted by Gasteiger charge is -2.33. The van der Waals surface area contributed by atoms with Gasteiger partial charge >= 0.3 is 5.97 Å². The van der Waals surface area contributed by atoms with E-state index in [1.54, 1.807) is 0 Å². The van der Waals surface area contributed by atoms with Crippen LogP contribution in [0.5, 0.6) is 5.75 Å². The first kappa shape index (κ1) is 15.6. The zero-order valence-electron chi connectivity index (χ0n) is 11.6. The van der Waals surface area contributed by atoms with E-state index in [1.165, 1.54) is 18.2 Å². The molecule has 1 amide bonds. The molecule has 0 aliphatic heterocycles. The summed E-state index contributed by atoms with van der Waals surface area (Å²) in [6.45, 7) is 0.0626. The third kappa shape index (κ3) is 3.47. The summed E-state index contributed by atoms with van der Waals surface area (Å²) in [6, 6.07) is 4.18. The second-order valence-electron chi connectivity index (χ2n) is 5.49. The maximum atomic E-state index is 12.1. The molecule has 1 aromatic carbocycles. The van der Waals surface area contributed by atoms with E-state index < -0.39 is 17.3 Å². The summed E-state index contributed by atoms with van der Waals surface area (Å²) < 4.78 is 0. The Bertz CT molecular complexity index is 553. The number of hydrogen-bond acceptors (Lipinski definition) is 3. The van der Waals surface area contributed by atoms with E-state index >= 15 is 0 Å². The van der Waals surface area contributed by atoms with Gasteiger partial charge in [-0.3, -0.25) is 9.59 Å². The lowest BCUT2D eigenvalue weighted by Crippen LogP contribution is -2.44. The number of carboxylic acid groups (broad SMARTS) is 1. The zero-order valence-corrected chi connectivity index (χ0v) is 12.3. The molecule has 3 N–H and O–H groups in total. The van der Waals surface area contributed by atoms with Gasteiger partial charge in [-0.25, -0.2) is 0 Å². The second-order valence-corrected chi connectivity index (χ2v) is 5.93. The molecule has 6 heteroatoms. The quantitative estimate of drug-likeness (QED) is 0.798. The van der Waals surface area contributed by atoms with E-state index in [4.69, 9.17) is 11.6 Å². The second kappa shape index (κ2) is 6.35. The van der Waals surface area contributed by atoms with Gasteiger partial charge in [0.2, 0.25) is 0 Å². The first-order chi connectivity index (χ1) is 9.94. The number of benzene rings is 1. The average molecular weight is 312 g/mol. The Balaban J connectivity index is 2.08. The minimum Gasteiger partial charge on any atom is -0.507 e. The largest absolute Gasteiger partial charge is 0.507 e.